The monoisotopic (exact) mass is 246 g/mol. The number of para-hydroxylation sites is 2. The number of hydrogen-bond acceptors (Lipinski definition) is 5. The number of aliphatic hydroxyl groups excluding tert-OH is 1. The number of nitrogens with one attached hydrogen (secondary N) is 1. The molecule has 0 radical (unpaired) electrons. The molecule has 0 fully saturated rings. The number of carbonyl (C=O) groups is 1. The van der Waals surface area contributed by atoms with Gasteiger partial charge in [0.25, 0.3) is 0 Å². The van der Waals surface area contributed by atoms with Gasteiger partial charge in [-0.15, -0.1) is 0 Å². The molecule has 0 heterocycles. The zero-order chi connectivity index (χ0) is 13.5. The van der Waals surface area contributed by atoms with E-state index in [9.17, 15) is 4.79 Å². The summed E-state index contributed by atoms with van der Waals surface area (Å²) >= 11 is 0. The number of carbonyl (C=O) groups excluding carboxylic acids is 1. The van der Waals surface area contributed by atoms with E-state index in [1.165, 1.54) is 7.11 Å². The summed E-state index contributed by atoms with van der Waals surface area (Å²) in [5.74, 6) is -0.0111. The Morgan fingerprint density at radius 2 is 2.17 bits per heavy atom. The molecule has 2 N–H and O–H groups in total. The van der Waals surface area contributed by atoms with Crippen molar-refractivity contribution in [2.45, 2.75) is 6.92 Å². The number of anilines is 1. The number of methoxy groups -OCH3 is 1. The molecule has 0 unspecified atom stereocenters. The minimum atomic E-state index is -0.687. The Labute approximate surface area is 105 Å². The SMILES string of the molecule is COc1ccccc1N/C(C)=C(/C#N)C(=O)CO. The van der Waals surface area contributed by atoms with Crippen molar-refractivity contribution >= 4 is 11.5 Å². The van der Waals surface area contributed by atoms with Gasteiger partial charge in [-0.25, -0.2) is 0 Å². The van der Waals surface area contributed by atoms with Crippen molar-refractivity contribution < 1.29 is 14.6 Å². The van der Waals surface area contributed by atoms with E-state index in [2.05, 4.69) is 5.32 Å². The molecule has 0 saturated heterocycles. The van der Waals surface area contributed by atoms with E-state index >= 15 is 0 Å². The quantitative estimate of drug-likeness (QED) is 0.607. The predicted molar refractivity (Wildman–Crippen MR) is 67.0 cm³/mol. The topological polar surface area (TPSA) is 82.3 Å². The molecule has 0 aliphatic rings. The van der Waals surface area contributed by atoms with Gasteiger partial charge in [0.05, 0.1) is 12.8 Å². The molecule has 1 rings (SSSR count). The van der Waals surface area contributed by atoms with Crippen molar-refractivity contribution in [1.29, 1.82) is 5.26 Å². The van der Waals surface area contributed by atoms with Crippen LogP contribution in [0.25, 0.3) is 0 Å². The van der Waals surface area contributed by atoms with Gasteiger partial charge >= 0.3 is 0 Å². The molecule has 0 saturated carbocycles. The van der Waals surface area contributed by atoms with E-state index in [4.69, 9.17) is 15.1 Å². The summed E-state index contributed by atoms with van der Waals surface area (Å²) in [7, 11) is 1.53. The molecule has 0 aliphatic heterocycles. The van der Waals surface area contributed by atoms with Crippen LogP contribution in [0.2, 0.25) is 0 Å². The molecule has 1 aromatic rings. The first-order chi connectivity index (χ1) is 8.63. The molecule has 0 aromatic heterocycles. The zero-order valence-corrected chi connectivity index (χ0v) is 10.2. The maximum atomic E-state index is 11.3. The van der Waals surface area contributed by atoms with Gasteiger partial charge < -0.3 is 15.2 Å². The molecular formula is C13H14N2O3. The molecule has 1 aromatic carbocycles. The van der Waals surface area contributed by atoms with Crippen LogP contribution in [0.15, 0.2) is 35.5 Å². The van der Waals surface area contributed by atoms with Gasteiger partial charge in [0.2, 0.25) is 0 Å². The maximum Gasteiger partial charge on any atom is 0.200 e. The molecule has 5 nitrogen and oxygen atoms in total. The largest absolute Gasteiger partial charge is 0.495 e. The van der Waals surface area contributed by atoms with E-state index in [0.717, 1.165) is 0 Å². The third kappa shape index (κ3) is 3.09. The predicted octanol–water partition coefficient (Wildman–Crippen LogP) is 1.47. The van der Waals surface area contributed by atoms with Crippen LogP contribution in [0.3, 0.4) is 0 Å². The summed E-state index contributed by atoms with van der Waals surface area (Å²) in [6.07, 6.45) is 0. The third-order valence-corrected chi connectivity index (χ3v) is 2.34. The first-order valence-corrected chi connectivity index (χ1v) is 5.29. The second-order valence-corrected chi connectivity index (χ2v) is 3.52. The lowest BCUT2D eigenvalue weighted by Crippen LogP contribution is -2.11. The molecule has 0 bridgehead atoms. The van der Waals surface area contributed by atoms with Crippen LogP contribution < -0.4 is 10.1 Å². The van der Waals surface area contributed by atoms with Gasteiger partial charge in [-0.3, -0.25) is 4.79 Å². The summed E-state index contributed by atoms with van der Waals surface area (Å²) in [5, 5.41) is 20.6. The second kappa shape index (κ2) is 6.42. The smallest absolute Gasteiger partial charge is 0.200 e. The van der Waals surface area contributed by atoms with E-state index in [1.54, 1.807) is 31.2 Å². The number of rotatable bonds is 5. The standard InChI is InChI=1S/C13H14N2O3/c1-9(10(7-14)12(17)8-16)15-11-5-3-4-6-13(11)18-2/h3-6,15-16H,8H2,1-2H3/b10-9-. The minimum Gasteiger partial charge on any atom is -0.495 e. The second-order valence-electron chi connectivity index (χ2n) is 3.52. The van der Waals surface area contributed by atoms with E-state index < -0.39 is 12.4 Å². The highest BCUT2D eigenvalue weighted by Gasteiger charge is 2.12. The van der Waals surface area contributed by atoms with Crippen molar-refractivity contribution in [3.8, 4) is 11.8 Å². The number of ether oxygens (including phenoxy) is 1. The van der Waals surface area contributed by atoms with Crippen LogP contribution in [0.1, 0.15) is 6.92 Å². The van der Waals surface area contributed by atoms with Crippen LogP contribution in [0, 0.1) is 11.3 Å². The molecule has 18 heavy (non-hydrogen) atoms. The van der Waals surface area contributed by atoms with Crippen LogP contribution in [-0.4, -0.2) is 24.6 Å². The highest BCUT2D eigenvalue weighted by molar-refractivity contribution is 6.00. The number of Topliss-reactive ketones (excluding diaryl/α,β-unsaturated/α-hetero) is 1. The Morgan fingerprint density at radius 1 is 1.50 bits per heavy atom. The Balaban J connectivity index is 3.06. The number of allylic oxidation sites excluding steroid dienone is 1. The van der Waals surface area contributed by atoms with Crippen molar-refractivity contribution in [1.82, 2.24) is 0 Å². The fraction of sp³-hybridized carbons (Fsp3) is 0.231. The molecule has 0 spiro atoms. The van der Waals surface area contributed by atoms with E-state index in [-0.39, 0.29) is 5.57 Å². The first kappa shape index (κ1) is 13.7. The summed E-state index contributed by atoms with van der Waals surface area (Å²) in [5.41, 5.74) is 0.931. The van der Waals surface area contributed by atoms with Gasteiger partial charge in [0, 0.05) is 5.70 Å². The van der Waals surface area contributed by atoms with Crippen molar-refractivity contribution in [2.24, 2.45) is 0 Å². The Kier molecular flexibility index (Phi) is 4.90. The van der Waals surface area contributed by atoms with Crippen LogP contribution >= 0.6 is 0 Å². The highest BCUT2D eigenvalue weighted by atomic mass is 16.5. The lowest BCUT2D eigenvalue weighted by atomic mass is 10.1. The Hall–Kier alpha value is -2.32. The van der Waals surface area contributed by atoms with E-state index in [0.29, 0.717) is 17.1 Å². The van der Waals surface area contributed by atoms with Crippen LogP contribution in [0.4, 0.5) is 5.69 Å². The molecular weight excluding hydrogens is 232 g/mol. The number of ketones is 1. The number of nitriles is 1. The molecule has 0 atom stereocenters. The summed E-state index contributed by atoms with van der Waals surface area (Å²) in [6.45, 7) is 0.909. The Bertz CT molecular complexity index is 515. The number of nitrogens with zero attached hydrogens (tertiary/aromatic N) is 1. The van der Waals surface area contributed by atoms with Crippen LogP contribution in [-0.2, 0) is 4.79 Å². The molecule has 5 heteroatoms. The first-order valence-electron chi connectivity index (χ1n) is 5.29. The fourth-order valence-corrected chi connectivity index (χ4v) is 1.45. The fourth-order valence-electron chi connectivity index (χ4n) is 1.45. The van der Waals surface area contributed by atoms with Crippen molar-refractivity contribution in [3.63, 3.8) is 0 Å². The number of hydrogen-bond donors (Lipinski definition) is 2. The van der Waals surface area contributed by atoms with Gasteiger partial charge in [-0.05, 0) is 19.1 Å². The molecule has 0 amide bonds. The third-order valence-electron chi connectivity index (χ3n) is 2.34. The number of aliphatic hydroxyl groups is 1. The zero-order valence-electron chi connectivity index (χ0n) is 10.2. The lowest BCUT2D eigenvalue weighted by Gasteiger charge is -2.12. The lowest BCUT2D eigenvalue weighted by molar-refractivity contribution is -0.117. The van der Waals surface area contributed by atoms with Gasteiger partial charge in [-0.1, -0.05) is 12.1 Å². The summed E-state index contributed by atoms with van der Waals surface area (Å²) < 4.78 is 5.14. The summed E-state index contributed by atoms with van der Waals surface area (Å²) in [4.78, 5) is 11.3. The molecule has 94 valence electrons. The van der Waals surface area contributed by atoms with Crippen molar-refractivity contribution in [2.75, 3.05) is 19.0 Å². The summed E-state index contributed by atoms with van der Waals surface area (Å²) in [6, 6.07) is 8.92. The highest BCUT2D eigenvalue weighted by Crippen LogP contribution is 2.25. The maximum absolute atomic E-state index is 11.3. The van der Waals surface area contributed by atoms with Gasteiger partial charge in [0.15, 0.2) is 5.78 Å². The van der Waals surface area contributed by atoms with Gasteiger partial charge in [-0.2, -0.15) is 5.26 Å². The average molecular weight is 246 g/mol. The van der Waals surface area contributed by atoms with Crippen molar-refractivity contribution in [3.05, 3.63) is 35.5 Å². The van der Waals surface area contributed by atoms with Gasteiger partial charge in [0.1, 0.15) is 24.0 Å². The number of benzene rings is 1. The normalized spacial score (nSPS) is 11.2. The van der Waals surface area contributed by atoms with E-state index in [1.807, 2.05) is 6.07 Å². The molecule has 0 aliphatic carbocycles. The Morgan fingerprint density at radius 3 is 2.72 bits per heavy atom. The minimum absolute atomic E-state index is 0.0941. The van der Waals surface area contributed by atoms with Crippen LogP contribution in [0.5, 0.6) is 5.75 Å². The average Bonchev–Trinajstić information content (AvgIpc) is 2.39.